The van der Waals surface area contributed by atoms with Crippen molar-refractivity contribution in [1.29, 1.82) is 0 Å². The van der Waals surface area contributed by atoms with Crippen molar-refractivity contribution in [1.82, 2.24) is 0 Å². The molecule has 0 amide bonds. The van der Waals surface area contributed by atoms with Crippen LogP contribution in [0.3, 0.4) is 0 Å². The molecule has 0 saturated carbocycles. The highest BCUT2D eigenvalue weighted by Gasteiger charge is 2.30. The first-order valence-electron chi connectivity index (χ1n) is 5.32. The van der Waals surface area contributed by atoms with Gasteiger partial charge in [0.25, 0.3) is 5.75 Å². The third kappa shape index (κ3) is 2.76. The Balaban J connectivity index is 3.71. The number of nitrogens with zero attached hydrogens (tertiary/aromatic N) is 2. The summed E-state index contributed by atoms with van der Waals surface area (Å²) >= 11 is 0. The fraction of sp³-hybridized carbons (Fsp3) is 0.167. The van der Waals surface area contributed by atoms with Crippen LogP contribution in [0.2, 0.25) is 0 Å². The molecular formula is C12H12N2O5. The maximum Gasteiger partial charge on any atom is 0.321 e. The third-order valence-electron chi connectivity index (χ3n) is 2.54. The second-order valence-electron chi connectivity index (χ2n) is 3.73. The van der Waals surface area contributed by atoms with Crippen LogP contribution in [0.15, 0.2) is 31.4 Å². The summed E-state index contributed by atoms with van der Waals surface area (Å²) in [7, 11) is 0. The zero-order valence-corrected chi connectivity index (χ0v) is 10.0. The zero-order chi connectivity index (χ0) is 14.6. The molecule has 0 aliphatic heterocycles. The van der Waals surface area contributed by atoms with Crippen LogP contribution in [-0.4, -0.2) is 15.0 Å². The molecule has 7 nitrogen and oxygen atoms in total. The van der Waals surface area contributed by atoms with Gasteiger partial charge in [-0.3, -0.25) is 20.2 Å². The average molecular weight is 264 g/mol. The Morgan fingerprint density at radius 2 is 1.74 bits per heavy atom. The van der Waals surface area contributed by atoms with Crippen LogP contribution >= 0.6 is 0 Å². The fourth-order valence-corrected chi connectivity index (χ4v) is 1.78. The lowest BCUT2D eigenvalue weighted by Crippen LogP contribution is -2.03. The Morgan fingerprint density at radius 3 is 2.16 bits per heavy atom. The van der Waals surface area contributed by atoms with Gasteiger partial charge in [-0.25, -0.2) is 0 Å². The van der Waals surface area contributed by atoms with Crippen LogP contribution in [0.25, 0.3) is 0 Å². The molecule has 0 saturated heterocycles. The summed E-state index contributed by atoms with van der Waals surface area (Å²) in [6, 6.07) is 1.13. The molecule has 0 heterocycles. The number of nitro benzene ring substituents is 2. The van der Waals surface area contributed by atoms with Gasteiger partial charge in [0.1, 0.15) is 0 Å². The molecule has 0 aromatic heterocycles. The SMILES string of the molecule is C=CCc1cc([N+](=O)[O-])c(O)c([N+](=O)[O-])c1CC=C. The zero-order valence-electron chi connectivity index (χ0n) is 10.0. The third-order valence-corrected chi connectivity index (χ3v) is 2.54. The highest BCUT2D eigenvalue weighted by atomic mass is 16.6. The van der Waals surface area contributed by atoms with E-state index in [1.165, 1.54) is 12.2 Å². The molecule has 0 unspecified atom stereocenters. The lowest BCUT2D eigenvalue weighted by Gasteiger charge is -2.08. The molecule has 1 N–H and O–H groups in total. The predicted molar refractivity (Wildman–Crippen MR) is 69.2 cm³/mol. The number of hydrogen-bond donors (Lipinski definition) is 1. The molecular weight excluding hydrogens is 252 g/mol. The van der Waals surface area contributed by atoms with Crippen molar-refractivity contribution in [2.45, 2.75) is 12.8 Å². The first kappa shape index (κ1) is 14.4. The first-order valence-corrected chi connectivity index (χ1v) is 5.32. The van der Waals surface area contributed by atoms with Gasteiger partial charge < -0.3 is 5.11 Å². The number of phenolic OH excluding ortho intramolecular Hbond substituents is 1. The lowest BCUT2D eigenvalue weighted by molar-refractivity contribution is -0.396. The molecule has 0 aliphatic carbocycles. The Labute approximate surface area is 108 Å². The summed E-state index contributed by atoms with van der Waals surface area (Å²) < 4.78 is 0. The average Bonchev–Trinajstić information content (AvgIpc) is 2.32. The Kier molecular flexibility index (Phi) is 4.36. The molecule has 19 heavy (non-hydrogen) atoms. The maximum absolute atomic E-state index is 11.0. The molecule has 0 fully saturated rings. The molecule has 0 radical (unpaired) electrons. The molecule has 7 heteroatoms. The van der Waals surface area contributed by atoms with Gasteiger partial charge in [0.2, 0.25) is 0 Å². The van der Waals surface area contributed by atoms with Gasteiger partial charge in [0.05, 0.1) is 9.85 Å². The molecule has 100 valence electrons. The van der Waals surface area contributed by atoms with Crippen LogP contribution < -0.4 is 0 Å². The number of hydrogen-bond acceptors (Lipinski definition) is 5. The van der Waals surface area contributed by atoms with Gasteiger partial charge in [-0.05, 0) is 18.4 Å². The van der Waals surface area contributed by atoms with E-state index in [4.69, 9.17) is 0 Å². The number of allylic oxidation sites excluding steroid dienone is 2. The van der Waals surface area contributed by atoms with E-state index in [0.717, 1.165) is 6.07 Å². The summed E-state index contributed by atoms with van der Waals surface area (Å²) in [6.07, 6.45) is 3.27. The van der Waals surface area contributed by atoms with E-state index in [1.54, 1.807) is 0 Å². The van der Waals surface area contributed by atoms with E-state index < -0.39 is 27.0 Å². The van der Waals surface area contributed by atoms with Crippen molar-refractivity contribution in [2.75, 3.05) is 0 Å². The Morgan fingerprint density at radius 1 is 1.16 bits per heavy atom. The van der Waals surface area contributed by atoms with Crippen molar-refractivity contribution < 1.29 is 15.0 Å². The molecule has 1 aromatic carbocycles. The maximum atomic E-state index is 11.0. The van der Waals surface area contributed by atoms with Crippen molar-refractivity contribution in [3.8, 4) is 5.75 Å². The molecule has 0 aliphatic rings. The molecule has 1 rings (SSSR count). The van der Waals surface area contributed by atoms with E-state index in [-0.39, 0.29) is 18.4 Å². The van der Waals surface area contributed by atoms with Gasteiger partial charge in [0, 0.05) is 11.6 Å². The van der Waals surface area contributed by atoms with Gasteiger partial charge in [-0.1, -0.05) is 12.2 Å². The second-order valence-corrected chi connectivity index (χ2v) is 3.73. The van der Waals surface area contributed by atoms with Crippen LogP contribution in [0, 0.1) is 20.2 Å². The number of benzene rings is 1. The van der Waals surface area contributed by atoms with E-state index in [9.17, 15) is 25.3 Å². The van der Waals surface area contributed by atoms with Gasteiger partial charge >= 0.3 is 11.4 Å². The number of aromatic hydroxyl groups is 1. The number of nitro groups is 2. The molecule has 0 spiro atoms. The topological polar surface area (TPSA) is 107 Å². The van der Waals surface area contributed by atoms with E-state index >= 15 is 0 Å². The van der Waals surface area contributed by atoms with E-state index in [2.05, 4.69) is 13.2 Å². The van der Waals surface area contributed by atoms with E-state index in [0.29, 0.717) is 5.56 Å². The lowest BCUT2D eigenvalue weighted by atomic mass is 9.98. The summed E-state index contributed by atoms with van der Waals surface area (Å²) in [4.78, 5) is 20.1. The van der Waals surface area contributed by atoms with Gasteiger partial charge in [-0.15, -0.1) is 13.2 Å². The Hall–Kier alpha value is -2.70. The number of rotatable bonds is 6. The normalized spacial score (nSPS) is 9.89. The quantitative estimate of drug-likeness (QED) is 0.483. The smallest absolute Gasteiger partial charge is 0.321 e. The second kappa shape index (κ2) is 5.76. The summed E-state index contributed by atoms with van der Waals surface area (Å²) in [5.74, 6) is -0.931. The molecule has 0 atom stereocenters. The number of phenols is 1. The van der Waals surface area contributed by atoms with Crippen molar-refractivity contribution >= 4 is 11.4 Å². The van der Waals surface area contributed by atoms with Crippen molar-refractivity contribution in [2.24, 2.45) is 0 Å². The summed E-state index contributed by atoms with van der Waals surface area (Å²) in [6.45, 7) is 6.98. The first-order chi connectivity index (χ1) is 8.93. The highest BCUT2D eigenvalue weighted by Crippen LogP contribution is 2.41. The fourth-order valence-electron chi connectivity index (χ4n) is 1.78. The predicted octanol–water partition coefficient (Wildman–Crippen LogP) is 2.67. The standard InChI is InChI=1S/C12H12N2O5/c1-3-5-8-7-10(13(16)17)12(15)11(14(18)19)9(8)6-4-2/h3-4,7,15H,1-2,5-6H2. The van der Waals surface area contributed by atoms with Crippen LogP contribution in [0.4, 0.5) is 11.4 Å². The molecule has 0 bridgehead atoms. The minimum atomic E-state index is -0.931. The Bertz CT molecular complexity index is 566. The van der Waals surface area contributed by atoms with Crippen molar-refractivity contribution in [3.05, 3.63) is 62.7 Å². The minimum Gasteiger partial charge on any atom is -0.497 e. The van der Waals surface area contributed by atoms with E-state index in [1.807, 2.05) is 0 Å². The summed E-state index contributed by atoms with van der Waals surface area (Å²) in [5.41, 5.74) is -0.739. The minimum absolute atomic E-state index is 0.130. The van der Waals surface area contributed by atoms with Crippen LogP contribution in [-0.2, 0) is 12.8 Å². The largest absolute Gasteiger partial charge is 0.497 e. The van der Waals surface area contributed by atoms with Crippen LogP contribution in [0.5, 0.6) is 5.75 Å². The van der Waals surface area contributed by atoms with Gasteiger partial charge in [0.15, 0.2) is 0 Å². The molecule has 1 aromatic rings. The van der Waals surface area contributed by atoms with Gasteiger partial charge in [-0.2, -0.15) is 0 Å². The summed E-state index contributed by atoms with van der Waals surface area (Å²) in [5, 5.41) is 31.5. The van der Waals surface area contributed by atoms with Crippen molar-refractivity contribution in [3.63, 3.8) is 0 Å². The highest BCUT2D eigenvalue weighted by molar-refractivity contribution is 5.66. The monoisotopic (exact) mass is 264 g/mol. The van der Waals surface area contributed by atoms with Crippen LogP contribution in [0.1, 0.15) is 11.1 Å².